The van der Waals surface area contributed by atoms with Gasteiger partial charge in [-0.25, -0.2) is 19.3 Å². The molecule has 0 radical (unpaired) electrons. The molecule has 3 aliphatic heterocycles. The highest BCUT2D eigenvalue weighted by Crippen LogP contribution is 2.47. The summed E-state index contributed by atoms with van der Waals surface area (Å²) in [5.41, 5.74) is 6.55. The van der Waals surface area contributed by atoms with E-state index in [0.29, 0.717) is 38.4 Å². The summed E-state index contributed by atoms with van der Waals surface area (Å²) in [6, 6.07) is -0.300. The van der Waals surface area contributed by atoms with Gasteiger partial charge in [0.25, 0.3) is 0 Å². The van der Waals surface area contributed by atoms with E-state index in [1.807, 2.05) is 0 Å². The summed E-state index contributed by atoms with van der Waals surface area (Å²) in [5.74, 6) is 1.82. The van der Waals surface area contributed by atoms with E-state index in [1.165, 1.54) is 0 Å². The van der Waals surface area contributed by atoms with Crippen molar-refractivity contribution in [1.82, 2.24) is 24.8 Å². The van der Waals surface area contributed by atoms with E-state index in [9.17, 15) is 9.18 Å². The number of alkyl halides is 1. The number of nitrogen functional groups attached to an aromatic ring is 1. The van der Waals surface area contributed by atoms with Crippen molar-refractivity contribution >= 4 is 24.0 Å². The van der Waals surface area contributed by atoms with E-state index in [-0.39, 0.29) is 17.5 Å². The number of aromatic nitrogens is 4. The lowest BCUT2D eigenvalue weighted by molar-refractivity contribution is -0.113. The number of fused-ring (bicyclic) bond motifs is 1. The number of likely N-dealkylation sites (tertiary alicyclic amines) is 1. The van der Waals surface area contributed by atoms with Gasteiger partial charge in [-0.1, -0.05) is 0 Å². The summed E-state index contributed by atoms with van der Waals surface area (Å²) >= 11 is 0. The van der Waals surface area contributed by atoms with Gasteiger partial charge in [-0.2, -0.15) is 4.98 Å². The number of ether oxygens (including phenoxy) is 1. The van der Waals surface area contributed by atoms with Crippen LogP contribution in [-0.4, -0.2) is 94.3 Å². The normalized spacial score (nSPS) is 31.1. The largest absolute Gasteiger partial charge is 0.378 e. The number of carbonyl (C=O) groups is 1. The lowest BCUT2D eigenvalue weighted by atomic mass is 9.99. The van der Waals surface area contributed by atoms with Crippen LogP contribution >= 0.6 is 0 Å². The highest BCUT2D eigenvalue weighted by atomic mass is 19.1. The van der Waals surface area contributed by atoms with E-state index in [2.05, 4.69) is 31.6 Å². The van der Waals surface area contributed by atoms with Crippen molar-refractivity contribution in [1.29, 1.82) is 0 Å². The number of morpholine rings is 1. The average molecular weight is 469 g/mol. The van der Waals surface area contributed by atoms with Crippen molar-refractivity contribution in [3.05, 3.63) is 18.0 Å². The van der Waals surface area contributed by atoms with Crippen LogP contribution in [-0.2, 0) is 16.0 Å². The first-order valence-corrected chi connectivity index (χ1v) is 11.9. The molecule has 3 fully saturated rings. The maximum absolute atomic E-state index is 14.5. The molecule has 6 rings (SSSR count). The zero-order chi connectivity index (χ0) is 23.5. The minimum atomic E-state index is -1.68. The Kier molecular flexibility index (Phi) is 4.96. The molecule has 0 bridgehead atoms. The summed E-state index contributed by atoms with van der Waals surface area (Å²) in [6.45, 7) is 7.23. The Labute approximate surface area is 197 Å². The molecule has 2 N–H and O–H groups in total. The number of halogens is 1. The minimum Gasteiger partial charge on any atom is -0.378 e. The van der Waals surface area contributed by atoms with Crippen LogP contribution in [0.5, 0.6) is 0 Å². The standard InChI is InChI=1S/C23H29FN8O2/c1-22(3-5-31(13-22)17-10-23(17,24)14-33)32-4-2-16-18(15-11-26-20(25)27-12-15)28-21(29-19(16)32)30-6-8-34-9-7-30/h11-12,14,17H,2-10,13H2,1H3,(H2,25,26,27)/t17?,22-,23?/m0/s1. The third-order valence-corrected chi connectivity index (χ3v) is 7.72. The number of hydrogen-bond acceptors (Lipinski definition) is 10. The molecule has 11 heteroatoms. The fraction of sp³-hybridized carbons (Fsp3) is 0.609. The molecule has 2 aromatic heterocycles. The number of anilines is 3. The van der Waals surface area contributed by atoms with Crippen LogP contribution in [0.15, 0.2) is 12.4 Å². The average Bonchev–Trinajstić information content (AvgIpc) is 3.17. The molecule has 2 saturated heterocycles. The van der Waals surface area contributed by atoms with Gasteiger partial charge in [0.2, 0.25) is 11.9 Å². The molecular weight excluding hydrogens is 439 g/mol. The molecule has 0 spiro atoms. The molecule has 10 nitrogen and oxygen atoms in total. The third-order valence-electron chi connectivity index (χ3n) is 7.72. The van der Waals surface area contributed by atoms with Crippen molar-refractivity contribution in [2.24, 2.45) is 0 Å². The van der Waals surface area contributed by atoms with Crippen LogP contribution in [0.2, 0.25) is 0 Å². The lowest BCUT2D eigenvalue weighted by Crippen LogP contribution is -2.49. The van der Waals surface area contributed by atoms with Crippen LogP contribution in [0.4, 0.5) is 22.1 Å². The summed E-state index contributed by atoms with van der Waals surface area (Å²) in [4.78, 5) is 36.2. The molecule has 2 aromatic rings. The molecule has 4 aliphatic rings. The van der Waals surface area contributed by atoms with Crippen molar-refractivity contribution in [2.75, 3.05) is 61.5 Å². The lowest BCUT2D eigenvalue weighted by Gasteiger charge is -2.37. The van der Waals surface area contributed by atoms with Gasteiger partial charge in [0.15, 0.2) is 12.0 Å². The number of rotatable bonds is 5. The minimum absolute atomic E-state index is 0.205. The second kappa shape index (κ2) is 7.81. The van der Waals surface area contributed by atoms with Crippen LogP contribution in [0, 0.1) is 0 Å². The Morgan fingerprint density at radius 3 is 2.65 bits per heavy atom. The third kappa shape index (κ3) is 3.49. The van der Waals surface area contributed by atoms with E-state index >= 15 is 0 Å². The van der Waals surface area contributed by atoms with Gasteiger partial charge in [0.05, 0.1) is 30.5 Å². The fourth-order valence-electron chi connectivity index (χ4n) is 5.64. The number of nitrogens with zero attached hydrogens (tertiary/aromatic N) is 7. The quantitative estimate of drug-likeness (QED) is 0.634. The molecule has 1 saturated carbocycles. The van der Waals surface area contributed by atoms with Crippen molar-refractivity contribution in [3.63, 3.8) is 0 Å². The summed E-state index contributed by atoms with van der Waals surface area (Å²) in [7, 11) is 0. The maximum Gasteiger partial charge on any atom is 0.228 e. The number of carbonyl (C=O) groups excluding carboxylic acids is 1. The first kappa shape index (κ1) is 21.6. The predicted octanol–water partition coefficient (Wildman–Crippen LogP) is 0.859. The molecule has 1 aliphatic carbocycles. The predicted molar refractivity (Wildman–Crippen MR) is 124 cm³/mol. The molecule has 5 heterocycles. The Hall–Kier alpha value is -2.92. The van der Waals surface area contributed by atoms with Gasteiger partial charge in [0.1, 0.15) is 5.82 Å². The van der Waals surface area contributed by atoms with Crippen LogP contribution in [0.25, 0.3) is 11.3 Å². The van der Waals surface area contributed by atoms with Crippen molar-refractivity contribution in [3.8, 4) is 11.3 Å². The Balaban J connectivity index is 1.36. The molecule has 0 amide bonds. The van der Waals surface area contributed by atoms with Crippen molar-refractivity contribution < 1.29 is 13.9 Å². The van der Waals surface area contributed by atoms with E-state index in [0.717, 1.165) is 61.7 Å². The molecule has 180 valence electrons. The van der Waals surface area contributed by atoms with Crippen LogP contribution < -0.4 is 15.5 Å². The molecule has 0 aromatic carbocycles. The zero-order valence-corrected chi connectivity index (χ0v) is 19.3. The Morgan fingerprint density at radius 1 is 1.18 bits per heavy atom. The zero-order valence-electron chi connectivity index (χ0n) is 19.3. The van der Waals surface area contributed by atoms with Gasteiger partial charge in [-0.15, -0.1) is 0 Å². The van der Waals surface area contributed by atoms with Gasteiger partial charge in [-0.05, 0) is 19.8 Å². The number of aldehydes is 1. The van der Waals surface area contributed by atoms with E-state index in [1.54, 1.807) is 12.4 Å². The number of nitrogens with two attached hydrogens (primary N) is 1. The van der Waals surface area contributed by atoms with E-state index < -0.39 is 5.67 Å². The monoisotopic (exact) mass is 468 g/mol. The maximum atomic E-state index is 14.5. The first-order valence-electron chi connectivity index (χ1n) is 11.9. The van der Waals surface area contributed by atoms with Gasteiger partial charge in [0, 0.05) is 62.7 Å². The summed E-state index contributed by atoms with van der Waals surface area (Å²) < 4.78 is 20.0. The van der Waals surface area contributed by atoms with Gasteiger partial charge >= 0.3 is 0 Å². The van der Waals surface area contributed by atoms with Crippen LogP contribution in [0.1, 0.15) is 25.3 Å². The Bertz CT molecular complexity index is 1110. The fourth-order valence-corrected chi connectivity index (χ4v) is 5.64. The van der Waals surface area contributed by atoms with Crippen molar-refractivity contribution in [2.45, 2.75) is 43.4 Å². The second-order valence-corrected chi connectivity index (χ2v) is 9.99. The highest BCUT2D eigenvalue weighted by Gasteiger charge is 2.61. The SMILES string of the molecule is C[C@]1(N2CCc3c(-c4cnc(N)nc4)nc(N4CCOCC4)nc32)CCN(C2CC2(F)C=O)C1. The van der Waals surface area contributed by atoms with E-state index in [4.69, 9.17) is 20.4 Å². The first-order chi connectivity index (χ1) is 16.4. The summed E-state index contributed by atoms with van der Waals surface area (Å²) in [5, 5.41) is 0. The van der Waals surface area contributed by atoms with Crippen LogP contribution in [0.3, 0.4) is 0 Å². The van der Waals surface area contributed by atoms with Gasteiger partial charge < -0.3 is 20.3 Å². The number of hydrogen-bond donors (Lipinski definition) is 1. The molecular formula is C23H29FN8O2. The smallest absolute Gasteiger partial charge is 0.228 e. The summed E-state index contributed by atoms with van der Waals surface area (Å²) in [6.07, 6.45) is 5.88. The highest BCUT2D eigenvalue weighted by molar-refractivity contribution is 5.73. The molecule has 2 unspecified atom stereocenters. The topological polar surface area (TPSA) is 114 Å². The van der Waals surface area contributed by atoms with Gasteiger partial charge in [-0.3, -0.25) is 9.69 Å². The molecule has 3 atom stereocenters. The second-order valence-electron chi connectivity index (χ2n) is 9.99. The Morgan fingerprint density at radius 2 is 1.94 bits per heavy atom. The molecule has 34 heavy (non-hydrogen) atoms.